The van der Waals surface area contributed by atoms with Crippen molar-refractivity contribution in [2.45, 2.75) is 75.7 Å². The number of carbonyl (C=O) groups excluding carboxylic acids is 4. The zero-order chi connectivity index (χ0) is 24.4. The number of carbonyl (C=O) groups is 5. The Morgan fingerprint density at radius 2 is 1.81 bits per heavy atom. The minimum absolute atomic E-state index is 0.317. The van der Waals surface area contributed by atoms with Gasteiger partial charge in [-0.25, -0.2) is 4.79 Å². The van der Waals surface area contributed by atoms with E-state index in [-0.39, 0.29) is 0 Å². The SMILES string of the molecule is CC(O)C(NC(=O)C(CC(N)=O)NC(=O)C1CCCN1C(=O)C(N)CCCCN)C(=O)O. The summed E-state index contributed by atoms with van der Waals surface area (Å²) >= 11 is 0. The van der Waals surface area contributed by atoms with Crippen LogP contribution in [0.15, 0.2) is 0 Å². The average Bonchev–Trinajstić information content (AvgIpc) is 3.19. The van der Waals surface area contributed by atoms with Gasteiger partial charge in [-0.3, -0.25) is 19.2 Å². The third-order valence-corrected chi connectivity index (χ3v) is 5.21. The molecular formula is C19H34N6O7. The molecule has 4 amide bonds. The van der Waals surface area contributed by atoms with Crippen molar-refractivity contribution < 1.29 is 34.2 Å². The minimum atomic E-state index is -1.65. The predicted octanol–water partition coefficient (Wildman–Crippen LogP) is -3.26. The van der Waals surface area contributed by atoms with Gasteiger partial charge in [0.25, 0.3) is 0 Å². The van der Waals surface area contributed by atoms with E-state index in [1.807, 2.05) is 0 Å². The second kappa shape index (κ2) is 12.9. The molecule has 0 aromatic carbocycles. The number of nitrogens with one attached hydrogen (secondary N) is 2. The Hall–Kier alpha value is -2.77. The van der Waals surface area contributed by atoms with Gasteiger partial charge in [-0.2, -0.15) is 0 Å². The maximum atomic E-state index is 12.8. The highest BCUT2D eigenvalue weighted by Gasteiger charge is 2.38. The topological polar surface area (TPSA) is 231 Å². The van der Waals surface area contributed by atoms with E-state index in [9.17, 15) is 29.1 Å². The number of amides is 4. The van der Waals surface area contributed by atoms with E-state index in [0.717, 1.165) is 6.42 Å². The fraction of sp³-hybridized carbons (Fsp3) is 0.737. The number of hydrogen-bond acceptors (Lipinski definition) is 8. The van der Waals surface area contributed by atoms with Crippen LogP contribution in [-0.2, 0) is 24.0 Å². The molecule has 13 nitrogen and oxygen atoms in total. The van der Waals surface area contributed by atoms with Crippen LogP contribution in [0.1, 0.15) is 45.4 Å². The molecule has 32 heavy (non-hydrogen) atoms. The summed E-state index contributed by atoms with van der Waals surface area (Å²) in [7, 11) is 0. The smallest absolute Gasteiger partial charge is 0.328 e. The van der Waals surface area contributed by atoms with Gasteiger partial charge >= 0.3 is 5.97 Å². The van der Waals surface area contributed by atoms with Crippen LogP contribution in [0.3, 0.4) is 0 Å². The first-order chi connectivity index (χ1) is 15.0. The molecule has 0 spiro atoms. The molecule has 0 bridgehead atoms. The van der Waals surface area contributed by atoms with Crippen LogP contribution in [0, 0.1) is 0 Å². The van der Waals surface area contributed by atoms with E-state index >= 15 is 0 Å². The summed E-state index contributed by atoms with van der Waals surface area (Å²) in [5.74, 6) is -4.48. The number of unbranched alkanes of at least 4 members (excludes halogenated alkanes) is 1. The summed E-state index contributed by atoms with van der Waals surface area (Å²) in [4.78, 5) is 62.0. The quantitative estimate of drug-likeness (QED) is 0.137. The third-order valence-electron chi connectivity index (χ3n) is 5.21. The highest BCUT2D eigenvalue weighted by atomic mass is 16.4. The van der Waals surface area contributed by atoms with Crippen molar-refractivity contribution in [3.63, 3.8) is 0 Å². The zero-order valence-corrected chi connectivity index (χ0v) is 18.2. The summed E-state index contributed by atoms with van der Waals surface area (Å²) in [5.41, 5.74) is 16.6. The van der Waals surface area contributed by atoms with Crippen molar-refractivity contribution >= 4 is 29.6 Å². The number of rotatable bonds is 13. The van der Waals surface area contributed by atoms with Crippen molar-refractivity contribution in [2.75, 3.05) is 13.1 Å². The van der Waals surface area contributed by atoms with Crippen LogP contribution in [0.2, 0.25) is 0 Å². The molecule has 1 heterocycles. The van der Waals surface area contributed by atoms with Crippen LogP contribution < -0.4 is 27.8 Å². The van der Waals surface area contributed by atoms with E-state index in [2.05, 4.69) is 10.6 Å². The lowest BCUT2D eigenvalue weighted by Crippen LogP contribution is -2.58. The lowest BCUT2D eigenvalue weighted by atomic mass is 10.1. The number of aliphatic hydroxyl groups is 1. The minimum Gasteiger partial charge on any atom is -0.480 e. The van der Waals surface area contributed by atoms with E-state index in [1.54, 1.807) is 0 Å². The molecule has 13 heteroatoms. The molecule has 1 rings (SSSR count). The largest absolute Gasteiger partial charge is 0.480 e. The van der Waals surface area contributed by atoms with Crippen LogP contribution in [0.25, 0.3) is 0 Å². The number of likely N-dealkylation sites (tertiary alicyclic amines) is 1. The van der Waals surface area contributed by atoms with Gasteiger partial charge < -0.3 is 42.9 Å². The monoisotopic (exact) mass is 458 g/mol. The molecule has 5 atom stereocenters. The molecule has 0 radical (unpaired) electrons. The first-order valence-corrected chi connectivity index (χ1v) is 10.6. The Labute approximate surface area is 186 Å². The second-order valence-electron chi connectivity index (χ2n) is 7.88. The van der Waals surface area contributed by atoms with E-state index in [1.165, 1.54) is 11.8 Å². The van der Waals surface area contributed by atoms with Gasteiger partial charge in [0.1, 0.15) is 12.1 Å². The number of carboxylic acid groups (broad SMARTS) is 1. The number of primary amides is 1. The molecule has 5 unspecified atom stereocenters. The predicted molar refractivity (Wildman–Crippen MR) is 113 cm³/mol. The summed E-state index contributed by atoms with van der Waals surface area (Å²) in [5, 5.41) is 23.1. The number of nitrogens with two attached hydrogens (primary N) is 3. The zero-order valence-electron chi connectivity index (χ0n) is 18.2. The van der Waals surface area contributed by atoms with Gasteiger partial charge in [0.05, 0.1) is 18.6 Å². The Kier molecular flexibility index (Phi) is 11.0. The van der Waals surface area contributed by atoms with Gasteiger partial charge in [0.15, 0.2) is 6.04 Å². The molecule has 1 fully saturated rings. The van der Waals surface area contributed by atoms with Crippen molar-refractivity contribution in [1.29, 1.82) is 0 Å². The molecule has 0 aliphatic carbocycles. The normalized spacial score (nSPS) is 19.5. The number of hydrogen-bond donors (Lipinski definition) is 7. The fourth-order valence-electron chi connectivity index (χ4n) is 3.47. The molecule has 182 valence electrons. The van der Waals surface area contributed by atoms with Crippen LogP contribution >= 0.6 is 0 Å². The molecule has 0 saturated carbocycles. The summed E-state index contributed by atoms with van der Waals surface area (Å²) < 4.78 is 0. The van der Waals surface area contributed by atoms with E-state index < -0.39 is 66.3 Å². The van der Waals surface area contributed by atoms with Crippen LogP contribution in [0.4, 0.5) is 0 Å². The Morgan fingerprint density at radius 1 is 1.16 bits per heavy atom. The fourth-order valence-corrected chi connectivity index (χ4v) is 3.47. The Balaban J connectivity index is 2.87. The molecule has 1 aliphatic rings. The highest BCUT2D eigenvalue weighted by molar-refractivity contribution is 5.96. The number of nitrogens with zero attached hydrogens (tertiary/aromatic N) is 1. The van der Waals surface area contributed by atoms with E-state index in [0.29, 0.717) is 38.8 Å². The first kappa shape index (κ1) is 27.3. The maximum Gasteiger partial charge on any atom is 0.328 e. The van der Waals surface area contributed by atoms with Gasteiger partial charge in [-0.05, 0) is 39.2 Å². The first-order valence-electron chi connectivity index (χ1n) is 10.6. The highest BCUT2D eigenvalue weighted by Crippen LogP contribution is 2.19. The van der Waals surface area contributed by atoms with Crippen LogP contribution in [-0.4, -0.2) is 88.1 Å². The van der Waals surface area contributed by atoms with Crippen molar-refractivity contribution in [2.24, 2.45) is 17.2 Å². The molecule has 0 aromatic heterocycles. The maximum absolute atomic E-state index is 12.8. The third kappa shape index (κ3) is 8.05. The molecular weight excluding hydrogens is 424 g/mol. The van der Waals surface area contributed by atoms with Crippen molar-refractivity contribution in [1.82, 2.24) is 15.5 Å². The second-order valence-corrected chi connectivity index (χ2v) is 7.88. The standard InChI is InChI=1S/C19H34N6O7/c1-10(26)15(19(31)32)24-16(28)12(9-14(22)27)23-17(29)13-6-4-8-25(13)18(30)11(21)5-2-3-7-20/h10-13,15,26H,2-9,20-21H2,1H3,(H2,22,27)(H,23,29)(H,24,28)(H,31,32). The number of aliphatic carboxylic acids is 1. The summed E-state index contributed by atoms with van der Waals surface area (Å²) in [6.45, 7) is 1.97. The lowest BCUT2D eigenvalue weighted by Gasteiger charge is -2.28. The average molecular weight is 459 g/mol. The van der Waals surface area contributed by atoms with Gasteiger partial charge in [0.2, 0.25) is 23.6 Å². The molecule has 0 aromatic rings. The van der Waals surface area contributed by atoms with E-state index in [4.69, 9.17) is 22.3 Å². The summed E-state index contributed by atoms with van der Waals surface area (Å²) in [6.07, 6.45) is 0.678. The summed E-state index contributed by atoms with van der Waals surface area (Å²) in [6, 6.07) is -4.80. The lowest BCUT2D eigenvalue weighted by molar-refractivity contribution is -0.145. The van der Waals surface area contributed by atoms with Crippen molar-refractivity contribution in [3.05, 3.63) is 0 Å². The molecule has 1 aliphatic heterocycles. The van der Waals surface area contributed by atoms with Gasteiger partial charge in [-0.15, -0.1) is 0 Å². The number of aliphatic hydroxyl groups excluding tert-OH is 1. The van der Waals surface area contributed by atoms with Gasteiger partial charge in [0, 0.05) is 6.54 Å². The Bertz CT molecular complexity index is 702. The number of carboxylic acids is 1. The Morgan fingerprint density at radius 3 is 2.34 bits per heavy atom. The van der Waals surface area contributed by atoms with Crippen LogP contribution in [0.5, 0.6) is 0 Å². The molecule has 10 N–H and O–H groups in total. The molecule has 1 saturated heterocycles. The van der Waals surface area contributed by atoms with Crippen molar-refractivity contribution in [3.8, 4) is 0 Å². The van der Waals surface area contributed by atoms with Gasteiger partial charge in [-0.1, -0.05) is 6.42 Å².